The number of aliphatic imine (C=N–C) groups is 1. The molecule has 1 aromatic carbocycles. The molecule has 0 aliphatic carbocycles. The molecule has 0 radical (unpaired) electrons. The van der Waals surface area contributed by atoms with Crippen LogP contribution in [0.15, 0.2) is 59.7 Å². The third-order valence-corrected chi connectivity index (χ3v) is 5.32. The highest BCUT2D eigenvalue weighted by atomic mass is 35.5. The van der Waals surface area contributed by atoms with Gasteiger partial charge in [-0.05, 0) is 48.9 Å². The minimum atomic E-state index is -0.670. The van der Waals surface area contributed by atoms with Gasteiger partial charge in [-0.25, -0.2) is 14.4 Å². The predicted octanol–water partition coefficient (Wildman–Crippen LogP) is 4.52. The molecule has 0 fully saturated rings. The summed E-state index contributed by atoms with van der Waals surface area (Å²) in [6, 6.07) is 12.9. The number of nitrogens with one attached hydrogen (secondary N) is 2. The second kappa shape index (κ2) is 10.9. The number of aliphatic hydroxyl groups is 1. The summed E-state index contributed by atoms with van der Waals surface area (Å²) in [5.41, 5.74) is 0.893. The smallest absolute Gasteiger partial charge is 0.219 e. The highest BCUT2D eigenvalue weighted by Crippen LogP contribution is 2.26. The maximum Gasteiger partial charge on any atom is 0.219 e. The summed E-state index contributed by atoms with van der Waals surface area (Å²) >= 11 is 7.27. The van der Waals surface area contributed by atoms with Gasteiger partial charge in [0.2, 0.25) is 5.88 Å². The molecule has 6 nitrogen and oxygen atoms in total. The van der Waals surface area contributed by atoms with Crippen molar-refractivity contribution in [3.63, 3.8) is 0 Å². The quantitative estimate of drug-likeness (QED) is 0.349. The Balaban J connectivity index is 1.55. The number of aliphatic hydroxyl groups excluding tert-OH is 1. The highest BCUT2D eigenvalue weighted by Gasteiger charge is 2.11. The Morgan fingerprint density at radius 3 is 2.63 bits per heavy atom. The lowest BCUT2D eigenvalue weighted by molar-refractivity contribution is 0.184. The number of halogens is 2. The number of benzene rings is 1. The molecule has 1 atom stereocenters. The fourth-order valence-corrected chi connectivity index (χ4v) is 3.55. The predicted molar refractivity (Wildman–Crippen MR) is 118 cm³/mol. The van der Waals surface area contributed by atoms with Gasteiger partial charge in [-0.2, -0.15) is 0 Å². The topological polar surface area (TPSA) is 78.8 Å². The molecule has 0 bridgehead atoms. The van der Waals surface area contributed by atoms with Gasteiger partial charge in [0.15, 0.2) is 5.96 Å². The van der Waals surface area contributed by atoms with Crippen molar-refractivity contribution in [3.05, 3.63) is 75.3 Å². The van der Waals surface area contributed by atoms with Gasteiger partial charge in [0.25, 0.3) is 0 Å². The third kappa shape index (κ3) is 6.69. The van der Waals surface area contributed by atoms with Gasteiger partial charge in [-0.1, -0.05) is 17.7 Å². The van der Waals surface area contributed by atoms with Crippen LogP contribution in [0.25, 0.3) is 0 Å². The number of rotatable bonds is 8. The van der Waals surface area contributed by atoms with Crippen LogP contribution in [0, 0.1) is 5.82 Å². The summed E-state index contributed by atoms with van der Waals surface area (Å²) in [5.74, 6) is 1.20. The number of nitrogens with zero attached hydrogens (tertiary/aromatic N) is 2. The van der Waals surface area contributed by atoms with Crippen LogP contribution in [0.3, 0.4) is 0 Å². The lowest BCUT2D eigenvalue weighted by Crippen LogP contribution is -2.39. The number of guanidine groups is 1. The average Bonchev–Trinajstić information content (AvgIpc) is 3.19. The molecule has 3 aromatic rings. The van der Waals surface area contributed by atoms with Gasteiger partial charge in [-0.3, -0.25) is 0 Å². The van der Waals surface area contributed by atoms with Crippen LogP contribution in [0.5, 0.6) is 11.6 Å². The Morgan fingerprint density at radius 1 is 1.20 bits per heavy atom. The molecule has 9 heteroatoms. The lowest BCUT2D eigenvalue weighted by atomic mass is 10.3. The minimum absolute atomic E-state index is 0.311. The molecule has 3 N–H and O–H groups in total. The van der Waals surface area contributed by atoms with Gasteiger partial charge in [0, 0.05) is 30.2 Å². The van der Waals surface area contributed by atoms with Gasteiger partial charge in [0.05, 0.1) is 10.9 Å². The van der Waals surface area contributed by atoms with E-state index in [1.54, 1.807) is 30.5 Å². The number of hydrogen-bond donors (Lipinski definition) is 3. The van der Waals surface area contributed by atoms with Crippen LogP contribution >= 0.6 is 22.9 Å². The molecule has 1 unspecified atom stereocenters. The molecule has 0 aliphatic rings. The number of hydrogen-bond acceptors (Lipinski definition) is 5. The van der Waals surface area contributed by atoms with Crippen LogP contribution in [0.4, 0.5) is 4.39 Å². The lowest BCUT2D eigenvalue weighted by Gasteiger charge is -2.14. The molecule has 158 valence electrons. The molecule has 0 saturated heterocycles. The van der Waals surface area contributed by atoms with Crippen molar-refractivity contribution in [2.75, 3.05) is 13.1 Å². The third-order valence-electron chi connectivity index (χ3n) is 3.98. The summed E-state index contributed by atoms with van der Waals surface area (Å²) in [6.45, 7) is 3.37. The van der Waals surface area contributed by atoms with Crippen molar-refractivity contribution in [2.24, 2.45) is 4.99 Å². The van der Waals surface area contributed by atoms with Crippen LogP contribution in [0.2, 0.25) is 4.34 Å². The Hall–Kier alpha value is -2.68. The van der Waals surface area contributed by atoms with E-state index in [1.807, 2.05) is 19.1 Å². The van der Waals surface area contributed by atoms with Crippen molar-refractivity contribution in [3.8, 4) is 11.6 Å². The molecule has 2 aromatic heterocycles. The van der Waals surface area contributed by atoms with Crippen LogP contribution in [-0.2, 0) is 6.54 Å². The zero-order valence-electron chi connectivity index (χ0n) is 16.3. The van der Waals surface area contributed by atoms with E-state index in [4.69, 9.17) is 16.3 Å². The van der Waals surface area contributed by atoms with Crippen LogP contribution in [-0.4, -0.2) is 29.1 Å². The summed E-state index contributed by atoms with van der Waals surface area (Å²) in [7, 11) is 0. The van der Waals surface area contributed by atoms with Crippen molar-refractivity contribution in [1.82, 2.24) is 15.6 Å². The molecule has 0 spiro atoms. The normalized spacial score (nSPS) is 12.5. The van der Waals surface area contributed by atoms with Crippen molar-refractivity contribution in [1.29, 1.82) is 0 Å². The van der Waals surface area contributed by atoms with E-state index in [0.717, 1.165) is 10.4 Å². The van der Waals surface area contributed by atoms with E-state index < -0.39 is 6.10 Å². The molecule has 30 heavy (non-hydrogen) atoms. The Morgan fingerprint density at radius 2 is 2.00 bits per heavy atom. The molecule has 0 saturated carbocycles. The van der Waals surface area contributed by atoms with E-state index in [0.29, 0.717) is 41.6 Å². The monoisotopic (exact) mass is 448 g/mol. The molecular formula is C21H22ClFN4O2S. The molecule has 0 aliphatic heterocycles. The first-order chi connectivity index (χ1) is 14.5. The van der Waals surface area contributed by atoms with Crippen molar-refractivity contribution in [2.45, 2.75) is 19.6 Å². The number of aromatic nitrogens is 1. The first-order valence-corrected chi connectivity index (χ1v) is 10.6. The van der Waals surface area contributed by atoms with Crippen molar-refractivity contribution >= 4 is 28.9 Å². The van der Waals surface area contributed by atoms with Gasteiger partial charge >= 0.3 is 0 Å². The highest BCUT2D eigenvalue weighted by molar-refractivity contribution is 7.16. The number of thiophene rings is 1. The van der Waals surface area contributed by atoms with E-state index in [2.05, 4.69) is 20.6 Å². The minimum Gasteiger partial charge on any atom is -0.439 e. The fourth-order valence-electron chi connectivity index (χ4n) is 2.50. The second-order valence-corrected chi connectivity index (χ2v) is 8.04. The molecular weight excluding hydrogens is 427 g/mol. The second-order valence-electron chi connectivity index (χ2n) is 6.29. The van der Waals surface area contributed by atoms with E-state index in [1.165, 1.54) is 23.5 Å². The van der Waals surface area contributed by atoms with E-state index >= 15 is 0 Å². The van der Waals surface area contributed by atoms with E-state index in [-0.39, 0.29) is 5.82 Å². The summed E-state index contributed by atoms with van der Waals surface area (Å²) in [5, 5.41) is 16.5. The summed E-state index contributed by atoms with van der Waals surface area (Å²) in [6.07, 6.45) is 1.00. The maximum atomic E-state index is 13.0. The zero-order chi connectivity index (χ0) is 21.3. The van der Waals surface area contributed by atoms with Crippen molar-refractivity contribution < 1.29 is 14.2 Å². The molecule has 2 heterocycles. The Bertz CT molecular complexity index is 964. The first kappa shape index (κ1) is 22.0. The van der Waals surface area contributed by atoms with Gasteiger partial charge in [-0.15, -0.1) is 11.3 Å². The van der Waals surface area contributed by atoms with E-state index in [9.17, 15) is 9.50 Å². The average molecular weight is 449 g/mol. The molecule has 3 rings (SSSR count). The molecule has 0 amide bonds. The maximum absolute atomic E-state index is 13.0. The number of pyridine rings is 1. The summed E-state index contributed by atoms with van der Waals surface area (Å²) < 4.78 is 19.2. The SMILES string of the molecule is CCNC(=NCc1ccc(Oc2ccc(F)cc2)nc1)NCC(O)c1ccc(Cl)s1. The summed E-state index contributed by atoms with van der Waals surface area (Å²) in [4.78, 5) is 9.57. The largest absolute Gasteiger partial charge is 0.439 e. The van der Waals surface area contributed by atoms with Gasteiger partial charge < -0.3 is 20.5 Å². The van der Waals surface area contributed by atoms with Gasteiger partial charge in [0.1, 0.15) is 17.7 Å². The Labute approximate surface area is 183 Å². The standard InChI is InChI=1S/C21H22ClFN4O2S/c1-2-24-21(27-13-17(28)18-8-9-19(22)30-18)26-12-14-3-10-20(25-11-14)29-16-6-4-15(23)5-7-16/h3-11,17,28H,2,12-13H2,1H3,(H2,24,26,27). The fraction of sp³-hybridized carbons (Fsp3) is 0.238. The van der Waals surface area contributed by atoms with Crippen LogP contribution in [0.1, 0.15) is 23.5 Å². The Kier molecular flexibility index (Phi) is 8.01. The van der Waals surface area contributed by atoms with Crippen LogP contribution < -0.4 is 15.4 Å². The first-order valence-electron chi connectivity index (χ1n) is 9.37. The number of ether oxygens (including phenoxy) is 1. The zero-order valence-corrected chi connectivity index (χ0v) is 17.9.